The molecular formula is C10H21N3O. The van der Waals surface area contributed by atoms with E-state index in [9.17, 15) is 4.79 Å². The molecule has 0 aromatic carbocycles. The molecule has 4 heteroatoms. The fraction of sp³-hybridized carbons (Fsp3) is 0.800. The van der Waals surface area contributed by atoms with Crippen molar-refractivity contribution in [2.45, 2.75) is 40.7 Å². The lowest BCUT2D eigenvalue weighted by Crippen LogP contribution is -2.34. The Balaban J connectivity index is 4.10. The summed E-state index contributed by atoms with van der Waals surface area (Å²) >= 11 is 0. The Bertz CT molecular complexity index is 226. The number of aliphatic imine (C=N–C) groups is 1. The third-order valence-electron chi connectivity index (χ3n) is 1.61. The lowest BCUT2D eigenvalue weighted by atomic mass is 9.95. The minimum atomic E-state index is -0.169. The lowest BCUT2D eigenvalue weighted by molar-refractivity contribution is -0.120. The maximum absolute atomic E-state index is 11.2. The molecule has 82 valence electrons. The second-order valence-corrected chi connectivity index (χ2v) is 4.67. The van der Waals surface area contributed by atoms with Gasteiger partial charge in [-0.15, -0.1) is 0 Å². The number of amidine groups is 1. The van der Waals surface area contributed by atoms with Gasteiger partial charge in [0.1, 0.15) is 6.54 Å². The molecule has 0 aromatic rings. The summed E-state index contributed by atoms with van der Waals surface area (Å²) < 4.78 is 0. The van der Waals surface area contributed by atoms with E-state index >= 15 is 0 Å². The molecule has 1 amide bonds. The molecule has 0 saturated heterocycles. The van der Waals surface area contributed by atoms with E-state index in [0.717, 1.165) is 0 Å². The van der Waals surface area contributed by atoms with E-state index in [1.807, 2.05) is 34.6 Å². The van der Waals surface area contributed by atoms with Gasteiger partial charge in [-0.25, -0.2) is 0 Å². The van der Waals surface area contributed by atoms with Crippen molar-refractivity contribution < 1.29 is 4.79 Å². The predicted molar refractivity (Wildman–Crippen MR) is 59.2 cm³/mol. The summed E-state index contributed by atoms with van der Waals surface area (Å²) in [6.07, 6.45) is 0. The van der Waals surface area contributed by atoms with Crippen LogP contribution < -0.4 is 11.1 Å². The van der Waals surface area contributed by atoms with Crippen molar-refractivity contribution in [1.82, 2.24) is 5.32 Å². The highest BCUT2D eigenvalue weighted by atomic mass is 16.1. The summed E-state index contributed by atoms with van der Waals surface area (Å²) in [5.74, 6) is 0.420. The quantitative estimate of drug-likeness (QED) is 0.524. The van der Waals surface area contributed by atoms with Gasteiger partial charge in [-0.05, 0) is 13.8 Å². The first kappa shape index (κ1) is 12.9. The zero-order valence-corrected chi connectivity index (χ0v) is 9.72. The maximum atomic E-state index is 11.2. The van der Waals surface area contributed by atoms with E-state index in [0.29, 0.717) is 5.84 Å². The van der Waals surface area contributed by atoms with E-state index in [4.69, 9.17) is 5.73 Å². The largest absolute Gasteiger partial charge is 0.387 e. The minimum Gasteiger partial charge on any atom is -0.387 e. The molecule has 0 fully saturated rings. The first-order chi connectivity index (χ1) is 6.23. The molecule has 0 bridgehead atoms. The SMILES string of the molecule is CC(C)NC(=O)CN=C(N)C(C)(C)C. The molecule has 0 aromatic heterocycles. The highest BCUT2D eigenvalue weighted by Gasteiger charge is 2.15. The van der Waals surface area contributed by atoms with Gasteiger partial charge < -0.3 is 11.1 Å². The van der Waals surface area contributed by atoms with Crippen LogP contribution in [0.15, 0.2) is 4.99 Å². The molecule has 0 saturated carbocycles. The summed E-state index contributed by atoms with van der Waals surface area (Å²) in [6, 6.07) is 0.147. The van der Waals surface area contributed by atoms with Gasteiger partial charge in [0.15, 0.2) is 0 Å². The molecule has 0 unspecified atom stereocenters. The predicted octanol–water partition coefficient (Wildman–Crippen LogP) is 0.914. The smallest absolute Gasteiger partial charge is 0.241 e. The van der Waals surface area contributed by atoms with Gasteiger partial charge in [0.05, 0.1) is 5.84 Å². The Kier molecular flexibility index (Phi) is 4.60. The monoisotopic (exact) mass is 199 g/mol. The van der Waals surface area contributed by atoms with Crippen molar-refractivity contribution in [2.75, 3.05) is 6.54 Å². The fourth-order valence-electron chi connectivity index (χ4n) is 0.762. The maximum Gasteiger partial charge on any atom is 0.241 e. The van der Waals surface area contributed by atoms with Crippen LogP contribution in [0.3, 0.4) is 0 Å². The number of rotatable bonds is 3. The third-order valence-corrected chi connectivity index (χ3v) is 1.61. The summed E-state index contributed by atoms with van der Waals surface area (Å²) in [6.45, 7) is 9.83. The summed E-state index contributed by atoms with van der Waals surface area (Å²) in [4.78, 5) is 15.2. The standard InChI is InChI=1S/C10H21N3O/c1-7(2)13-8(14)6-12-9(11)10(3,4)5/h7H,6H2,1-5H3,(H2,11,12)(H,13,14). The van der Waals surface area contributed by atoms with Crippen LogP contribution in [0.5, 0.6) is 0 Å². The Morgan fingerprint density at radius 3 is 2.29 bits per heavy atom. The number of nitrogens with zero attached hydrogens (tertiary/aromatic N) is 1. The molecule has 0 atom stereocenters. The van der Waals surface area contributed by atoms with Gasteiger partial charge in [-0.2, -0.15) is 0 Å². The van der Waals surface area contributed by atoms with Gasteiger partial charge in [-0.3, -0.25) is 9.79 Å². The van der Waals surface area contributed by atoms with Crippen LogP contribution in [0.1, 0.15) is 34.6 Å². The second kappa shape index (κ2) is 4.98. The van der Waals surface area contributed by atoms with Gasteiger partial charge in [-0.1, -0.05) is 20.8 Å². The average Bonchev–Trinajstić information content (AvgIpc) is 1.96. The van der Waals surface area contributed by atoms with Crippen molar-refractivity contribution in [3.63, 3.8) is 0 Å². The van der Waals surface area contributed by atoms with E-state index < -0.39 is 0 Å². The average molecular weight is 199 g/mol. The van der Waals surface area contributed by atoms with Crippen LogP contribution in [-0.4, -0.2) is 24.3 Å². The molecule has 0 radical (unpaired) electrons. The highest BCUT2D eigenvalue weighted by molar-refractivity contribution is 5.88. The van der Waals surface area contributed by atoms with Crippen molar-refractivity contribution in [3.05, 3.63) is 0 Å². The van der Waals surface area contributed by atoms with Crippen molar-refractivity contribution >= 4 is 11.7 Å². The van der Waals surface area contributed by atoms with E-state index in [1.54, 1.807) is 0 Å². The highest BCUT2D eigenvalue weighted by Crippen LogP contribution is 2.12. The van der Waals surface area contributed by atoms with Crippen LogP contribution in [0.25, 0.3) is 0 Å². The molecule has 14 heavy (non-hydrogen) atoms. The fourth-order valence-corrected chi connectivity index (χ4v) is 0.762. The van der Waals surface area contributed by atoms with Crippen LogP contribution in [0, 0.1) is 5.41 Å². The molecule has 0 aliphatic carbocycles. The molecule has 0 aliphatic rings. The van der Waals surface area contributed by atoms with Gasteiger partial charge in [0, 0.05) is 11.5 Å². The zero-order valence-electron chi connectivity index (χ0n) is 9.72. The Labute approximate surface area is 86.0 Å². The summed E-state index contributed by atoms with van der Waals surface area (Å²) in [7, 11) is 0. The normalized spacial score (nSPS) is 13.1. The number of nitrogens with two attached hydrogens (primary N) is 1. The zero-order chi connectivity index (χ0) is 11.4. The number of nitrogens with one attached hydrogen (secondary N) is 1. The van der Waals surface area contributed by atoms with Crippen LogP contribution in [0.4, 0.5) is 0 Å². The van der Waals surface area contributed by atoms with Crippen molar-refractivity contribution in [2.24, 2.45) is 16.1 Å². The van der Waals surface area contributed by atoms with Gasteiger partial charge >= 0.3 is 0 Å². The molecule has 3 N–H and O–H groups in total. The minimum absolute atomic E-state index is 0.0906. The number of carbonyl (C=O) groups is 1. The van der Waals surface area contributed by atoms with Gasteiger partial charge in [0.2, 0.25) is 5.91 Å². The first-order valence-corrected chi connectivity index (χ1v) is 4.83. The molecule has 0 heterocycles. The van der Waals surface area contributed by atoms with Crippen LogP contribution >= 0.6 is 0 Å². The third kappa shape index (κ3) is 5.56. The number of hydrogen-bond acceptors (Lipinski definition) is 2. The molecule has 4 nitrogen and oxygen atoms in total. The molecule has 0 aliphatic heterocycles. The topological polar surface area (TPSA) is 67.5 Å². The Morgan fingerprint density at radius 1 is 1.43 bits per heavy atom. The van der Waals surface area contributed by atoms with Crippen molar-refractivity contribution in [1.29, 1.82) is 0 Å². The Morgan fingerprint density at radius 2 is 1.93 bits per heavy atom. The summed E-state index contributed by atoms with van der Waals surface area (Å²) in [5.41, 5.74) is 5.53. The van der Waals surface area contributed by atoms with E-state index in [1.165, 1.54) is 0 Å². The van der Waals surface area contributed by atoms with Crippen molar-refractivity contribution in [3.8, 4) is 0 Å². The van der Waals surface area contributed by atoms with Gasteiger partial charge in [0.25, 0.3) is 0 Å². The summed E-state index contributed by atoms with van der Waals surface area (Å²) in [5, 5.41) is 2.75. The van der Waals surface area contributed by atoms with E-state index in [-0.39, 0.29) is 23.9 Å². The van der Waals surface area contributed by atoms with E-state index in [2.05, 4.69) is 10.3 Å². The number of hydrogen-bond donors (Lipinski definition) is 2. The number of amides is 1. The first-order valence-electron chi connectivity index (χ1n) is 4.83. The molecule has 0 spiro atoms. The lowest BCUT2D eigenvalue weighted by Gasteiger charge is -2.17. The molecule has 0 rings (SSSR count). The number of carbonyl (C=O) groups excluding carboxylic acids is 1. The second-order valence-electron chi connectivity index (χ2n) is 4.67. The van der Waals surface area contributed by atoms with Crippen LogP contribution in [-0.2, 0) is 4.79 Å². The Hall–Kier alpha value is -1.06. The molecular weight excluding hydrogens is 178 g/mol. The van der Waals surface area contributed by atoms with Crippen LogP contribution in [0.2, 0.25) is 0 Å².